The van der Waals surface area contributed by atoms with Crippen LogP contribution in [-0.4, -0.2) is 41.6 Å². The second kappa shape index (κ2) is 9.85. The SMILES string of the molecule is COc1ccc([C@@H]2CC(c3cccs3)=NN2C(=O)CSc2ncccc2C#N)cc1OC. The molecule has 0 saturated carbocycles. The van der Waals surface area contributed by atoms with E-state index in [1.165, 1.54) is 16.8 Å². The summed E-state index contributed by atoms with van der Waals surface area (Å²) in [4.78, 5) is 18.5. The van der Waals surface area contributed by atoms with E-state index in [-0.39, 0.29) is 17.7 Å². The molecule has 1 aliphatic heterocycles. The van der Waals surface area contributed by atoms with Gasteiger partial charge in [-0.15, -0.1) is 11.3 Å². The van der Waals surface area contributed by atoms with Crippen LogP contribution in [0.5, 0.6) is 11.5 Å². The molecule has 3 heterocycles. The second-order valence-corrected chi connectivity index (χ2v) is 8.76. The van der Waals surface area contributed by atoms with Crippen molar-refractivity contribution in [2.75, 3.05) is 20.0 Å². The molecule has 0 saturated heterocycles. The number of rotatable bonds is 7. The highest BCUT2D eigenvalue weighted by Crippen LogP contribution is 2.38. The van der Waals surface area contributed by atoms with Crippen molar-refractivity contribution in [3.8, 4) is 17.6 Å². The Morgan fingerprint density at radius 2 is 2.09 bits per heavy atom. The van der Waals surface area contributed by atoms with E-state index in [9.17, 15) is 10.1 Å². The zero-order valence-corrected chi connectivity index (χ0v) is 19.2. The minimum atomic E-state index is -0.265. The summed E-state index contributed by atoms with van der Waals surface area (Å²) in [5.41, 5.74) is 2.23. The molecule has 1 aromatic carbocycles. The van der Waals surface area contributed by atoms with Gasteiger partial charge < -0.3 is 9.47 Å². The number of pyridine rings is 1. The summed E-state index contributed by atoms with van der Waals surface area (Å²) in [5.74, 6) is 1.19. The van der Waals surface area contributed by atoms with Gasteiger partial charge in [0.25, 0.3) is 5.91 Å². The third kappa shape index (κ3) is 4.47. The van der Waals surface area contributed by atoms with E-state index in [1.54, 1.807) is 43.9 Å². The Labute approximate surface area is 194 Å². The Balaban J connectivity index is 1.61. The minimum Gasteiger partial charge on any atom is -0.493 e. The number of carbonyl (C=O) groups is 1. The van der Waals surface area contributed by atoms with Gasteiger partial charge in [0, 0.05) is 12.6 Å². The smallest absolute Gasteiger partial charge is 0.253 e. The summed E-state index contributed by atoms with van der Waals surface area (Å²) in [6.45, 7) is 0. The lowest BCUT2D eigenvalue weighted by atomic mass is 10.0. The molecular weight excluding hydrogens is 444 g/mol. The fourth-order valence-electron chi connectivity index (χ4n) is 3.44. The number of methoxy groups -OCH3 is 2. The number of nitrogens with zero attached hydrogens (tertiary/aromatic N) is 4. The van der Waals surface area contributed by atoms with Gasteiger partial charge >= 0.3 is 0 Å². The van der Waals surface area contributed by atoms with Crippen LogP contribution in [0.1, 0.15) is 28.5 Å². The van der Waals surface area contributed by atoms with Gasteiger partial charge in [-0.25, -0.2) is 9.99 Å². The maximum absolute atomic E-state index is 13.2. The quantitative estimate of drug-likeness (QED) is 0.479. The van der Waals surface area contributed by atoms with Gasteiger partial charge in [-0.1, -0.05) is 23.9 Å². The Kier molecular flexibility index (Phi) is 6.73. The lowest BCUT2D eigenvalue weighted by Gasteiger charge is -2.23. The lowest BCUT2D eigenvalue weighted by molar-refractivity contribution is -0.130. The second-order valence-electron chi connectivity index (χ2n) is 6.85. The van der Waals surface area contributed by atoms with Crippen LogP contribution >= 0.6 is 23.1 Å². The van der Waals surface area contributed by atoms with Crippen LogP contribution < -0.4 is 9.47 Å². The first-order chi connectivity index (χ1) is 15.6. The highest BCUT2D eigenvalue weighted by atomic mass is 32.2. The highest BCUT2D eigenvalue weighted by Gasteiger charge is 2.34. The van der Waals surface area contributed by atoms with E-state index in [0.29, 0.717) is 28.5 Å². The normalized spacial score (nSPS) is 15.2. The molecule has 3 aromatic rings. The standard InChI is InChI=1S/C23H20N4O3S2/c1-29-19-8-7-15(11-20(19)30-2)18-12-17(21-6-4-10-31-21)26-27(18)22(28)14-32-23-16(13-24)5-3-9-25-23/h3-11,18H,12,14H2,1-2H3/t18-/m0/s1. The van der Waals surface area contributed by atoms with Crippen molar-refractivity contribution in [1.29, 1.82) is 5.26 Å². The van der Waals surface area contributed by atoms with Gasteiger partial charge in [-0.2, -0.15) is 10.4 Å². The van der Waals surface area contributed by atoms with Gasteiger partial charge in [-0.3, -0.25) is 4.79 Å². The number of thiophene rings is 1. The van der Waals surface area contributed by atoms with Gasteiger partial charge in [0.2, 0.25) is 0 Å². The van der Waals surface area contributed by atoms with E-state index < -0.39 is 0 Å². The van der Waals surface area contributed by atoms with Crippen molar-refractivity contribution < 1.29 is 14.3 Å². The number of carbonyl (C=O) groups excluding carboxylic acids is 1. The molecule has 1 atom stereocenters. The van der Waals surface area contributed by atoms with E-state index in [1.807, 2.05) is 35.7 Å². The Hall–Kier alpha value is -3.35. The summed E-state index contributed by atoms with van der Waals surface area (Å²) in [7, 11) is 3.17. The molecule has 0 unspecified atom stereocenters. The van der Waals surface area contributed by atoms with E-state index in [4.69, 9.17) is 9.47 Å². The van der Waals surface area contributed by atoms with Crippen LogP contribution in [0.3, 0.4) is 0 Å². The number of ether oxygens (including phenoxy) is 2. The summed E-state index contributed by atoms with van der Waals surface area (Å²) in [6.07, 6.45) is 2.21. The average Bonchev–Trinajstić information content (AvgIpc) is 3.52. The Morgan fingerprint density at radius 3 is 2.81 bits per heavy atom. The molecule has 1 aliphatic rings. The zero-order chi connectivity index (χ0) is 22.5. The molecule has 7 nitrogen and oxygen atoms in total. The Bertz CT molecular complexity index is 1190. The van der Waals surface area contributed by atoms with Gasteiger partial charge in [-0.05, 0) is 41.3 Å². The maximum Gasteiger partial charge on any atom is 0.253 e. The molecule has 0 spiro atoms. The largest absolute Gasteiger partial charge is 0.493 e. The van der Waals surface area contributed by atoms with Crippen LogP contribution in [0.25, 0.3) is 0 Å². The highest BCUT2D eigenvalue weighted by molar-refractivity contribution is 7.99. The van der Waals surface area contributed by atoms with E-state index >= 15 is 0 Å². The van der Waals surface area contributed by atoms with Gasteiger partial charge in [0.1, 0.15) is 11.1 Å². The van der Waals surface area contributed by atoms with Crippen LogP contribution in [0.15, 0.2) is 64.2 Å². The van der Waals surface area contributed by atoms with Crippen LogP contribution in [-0.2, 0) is 4.79 Å². The minimum absolute atomic E-state index is 0.122. The lowest BCUT2D eigenvalue weighted by Crippen LogP contribution is -2.28. The van der Waals surface area contributed by atoms with E-state index in [0.717, 1.165) is 16.2 Å². The molecule has 32 heavy (non-hydrogen) atoms. The molecule has 9 heteroatoms. The average molecular weight is 465 g/mol. The first-order valence-corrected chi connectivity index (χ1v) is 11.6. The van der Waals surface area contributed by atoms with Gasteiger partial charge in [0.15, 0.2) is 11.5 Å². The molecular formula is C23H20N4O3S2. The number of aromatic nitrogens is 1. The van der Waals surface area contributed by atoms with Crippen molar-refractivity contribution >= 4 is 34.7 Å². The molecule has 4 rings (SSSR count). The fraction of sp³-hybridized carbons (Fsp3) is 0.217. The summed E-state index contributed by atoms with van der Waals surface area (Å²) >= 11 is 2.84. The number of thioether (sulfide) groups is 1. The van der Waals surface area contributed by atoms with Gasteiger partial charge in [0.05, 0.1) is 42.2 Å². The third-order valence-corrected chi connectivity index (χ3v) is 6.90. The predicted molar refractivity (Wildman–Crippen MR) is 124 cm³/mol. The number of nitriles is 1. The summed E-state index contributed by atoms with van der Waals surface area (Å²) in [6, 6.07) is 14.9. The molecule has 1 amide bonds. The number of benzene rings is 1. The first kappa shape index (κ1) is 21.9. The van der Waals surface area contributed by atoms with Crippen LogP contribution in [0.4, 0.5) is 0 Å². The van der Waals surface area contributed by atoms with Crippen molar-refractivity contribution in [3.63, 3.8) is 0 Å². The van der Waals surface area contributed by atoms with Crippen LogP contribution in [0.2, 0.25) is 0 Å². The maximum atomic E-state index is 13.2. The first-order valence-electron chi connectivity index (χ1n) is 9.78. The summed E-state index contributed by atoms with van der Waals surface area (Å²) < 4.78 is 10.8. The molecule has 0 N–H and O–H groups in total. The molecule has 162 valence electrons. The number of hydrogen-bond donors (Lipinski definition) is 0. The number of amides is 1. The summed E-state index contributed by atoms with van der Waals surface area (Å²) in [5, 5.41) is 18.0. The molecule has 0 radical (unpaired) electrons. The number of hydrazone groups is 1. The number of hydrogen-bond acceptors (Lipinski definition) is 8. The van der Waals surface area contributed by atoms with Crippen molar-refractivity contribution in [3.05, 3.63) is 70.0 Å². The molecule has 2 aromatic heterocycles. The predicted octanol–water partition coefficient (Wildman–Crippen LogP) is 4.50. The topological polar surface area (TPSA) is 87.8 Å². The molecule has 0 aliphatic carbocycles. The third-order valence-electron chi connectivity index (χ3n) is 4.99. The zero-order valence-electron chi connectivity index (χ0n) is 17.5. The van der Waals surface area contributed by atoms with Crippen molar-refractivity contribution in [1.82, 2.24) is 9.99 Å². The fourth-order valence-corrected chi connectivity index (χ4v) is 4.96. The monoisotopic (exact) mass is 464 g/mol. The van der Waals surface area contributed by atoms with Crippen LogP contribution in [0, 0.1) is 11.3 Å². The Morgan fingerprint density at radius 1 is 1.25 bits per heavy atom. The van der Waals surface area contributed by atoms with Crippen molar-refractivity contribution in [2.24, 2.45) is 5.10 Å². The molecule has 0 fully saturated rings. The van der Waals surface area contributed by atoms with Crippen molar-refractivity contribution in [2.45, 2.75) is 17.5 Å². The van der Waals surface area contributed by atoms with E-state index in [2.05, 4.69) is 16.2 Å². The molecule has 0 bridgehead atoms.